The third-order valence-electron chi connectivity index (χ3n) is 22.5. The first kappa shape index (κ1) is 71.7. The van der Waals surface area contributed by atoms with Crippen LogP contribution in [0.1, 0.15) is 154 Å². The minimum Gasteiger partial charge on any atom is -0.455 e. The molecule has 0 saturated heterocycles. The minimum atomic E-state index is -1.64. The van der Waals surface area contributed by atoms with Gasteiger partial charge in [0.25, 0.3) is 0 Å². The summed E-state index contributed by atoms with van der Waals surface area (Å²) < 4.78 is 15.5. The fourth-order valence-electron chi connectivity index (χ4n) is 16.2. The van der Waals surface area contributed by atoms with Crippen molar-refractivity contribution in [3.8, 4) is 11.1 Å². The molecule has 12 aromatic carbocycles. The maximum Gasteiger partial charge on any atom is 0.160 e. The molecule has 5 nitrogen and oxygen atoms in total. The lowest BCUT2D eigenvalue weighted by molar-refractivity contribution is 0.589. The third-order valence-corrected chi connectivity index (χ3v) is 26.6. The van der Waals surface area contributed by atoms with Crippen molar-refractivity contribution in [3.05, 3.63) is 305 Å². The van der Waals surface area contributed by atoms with Crippen LogP contribution in [-0.4, -0.2) is 16.1 Å². The summed E-state index contributed by atoms with van der Waals surface area (Å²) in [6.45, 7) is 49.2. The lowest BCUT2D eigenvalue weighted by atomic mass is 9.67. The maximum atomic E-state index is 7.84. The second kappa shape index (κ2) is 25.7. The van der Waals surface area contributed by atoms with Crippen molar-refractivity contribution >= 4 is 122 Å². The molecule has 2 heterocycles. The summed E-state index contributed by atoms with van der Waals surface area (Å²) in [5.74, 6) is 0. The molecular formula is C99H105N3O2Si2. The Morgan fingerprint density at radius 1 is 0.274 bits per heavy atom. The average molecular weight is 1430 g/mol. The van der Waals surface area contributed by atoms with Crippen LogP contribution in [0, 0.1) is 0 Å². The third kappa shape index (κ3) is 12.6. The Kier molecular flexibility index (Phi) is 17.4. The molecular weight excluding hydrogens is 1320 g/mol. The maximum absolute atomic E-state index is 7.84. The van der Waals surface area contributed by atoms with Crippen molar-refractivity contribution in [2.75, 3.05) is 14.7 Å². The molecule has 1 aliphatic carbocycles. The molecule has 0 aliphatic heterocycles. The zero-order valence-corrected chi connectivity index (χ0v) is 68.4. The molecule has 7 heteroatoms. The molecule has 106 heavy (non-hydrogen) atoms. The quantitative estimate of drug-likeness (QED) is 0.108. The van der Waals surface area contributed by atoms with E-state index in [-0.39, 0.29) is 27.1 Å². The molecule has 14 aromatic rings. The van der Waals surface area contributed by atoms with Crippen molar-refractivity contribution in [2.45, 2.75) is 176 Å². The molecule has 0 amide bonds. The highest BCUT2D eigenvalue weighted by molar-refractivity contribution is 6.89. The van der Waals surface area contributed by atoms with Crippen LogP contribution >= 0.6 is 0 Å². The summed E-state index contributed by atoms with van der Waals surface area (Å²) in [4.78, 5) is 7.44. The number of fused-ring (bicyclic) bond motifs is 11. The number of rotatable bonds is 13. The zero-order valence-electron chi connectivity index (χ0n) is 66.4. The number of benzene rings is 12. The molecule has 1 atom stereocenters. The molecule has 2 aromatic heterocycles. The number of furan rings is 2. The molecule has 0 saturated carbocycles. The van der Waals surface area contributed by atoms with Crippen LogP contribution in [0.2, 0.25) is 39.3 Å². The van der Waals surface area contributed by atoms with Crippen molar-refractivity contribution in [1.29, 1.82) is 0 Å². The van der Waals surface area contributed by atoms with E-state index in [1.807, 2.05) is 0 Å². The lowest BCUT2D eigenvalue weighted by Crippen LogP contribution is -2.37. The predicted molar refractivity (Wildman–Crippen MR) is 462 cm³/mol. The monoisotopic (exact) mass is 1420 g/mol. The normalized spacial score (nSPS) is 14.5. The molecule has 0 N–H and O–H groups in total. The first-order valence-electron chi connectivity index (χ1n) is 38.2. The van der Waals surface area contributed by atoms with Gasteiger partial charge >= 0.3 is 0 Å². The van der Waals surface area contributed by atoms with Gasteiger partial charge in [-0.3, -0.25) is 0 Å². The highest BCUT2D eigenvalue weighted by atomic mass is 28.3. The van der Waals surface area contributed by atoms with E-state index in [2.05, 4.69) is 413 Å². The number of anilines is 9. The second-order valence-corrected chi connectivity index (χ2v) is 47.3. The summed E-state index contributed by atoms with van der Waals surface area (Å²) in [5.41, 5.74) is 24.2. The number of hydrogen-bond donors (Lipinski definition) is 0. The van der Waals surface area contributed by atoms with Crippen LogP contribution in [0.3, 0.4) is 0 Å². The van der Waals surface area contributed by atoms with Gasteiger partial charge in [-0.2, -0.15) is 0 Å². The van der Waals surface area contributed by atoms with Crippen molar-refractivity contribution in [1.82, 2.24) is 0 Å². The molecule has 15 rings (SSSR count). The highest BCUT2D eigenvalue weighted by Gasteiger charge is 2.51. The Morgan fingerprint density at radius 3 is 0.906 bits per heavy atom. The Balaban J connectivity index is 1.13. The van der Waals surface area contributed by atoms with Gasteiger partial charge in [0.15, 0.2) is 5.58 Å². The number of nitrogens with zero attached hydrogens (tertiary/aromatic N) is 3. The summed E-state index contributed by atoms with van der Waals surface area (Å²) >= 11 is 0. The Labute approximate surface area is 632 Å². The van der Waals surface area contributed by atoms with Crippen LogP contribution in [0.5, 0.6) is 0 Å². The van der Waals surface area contributed by atoms with Gasteiger partial charge in [0.05, 0.1) is 38.3 Å². The summed E-state index contributed by atoms with van der Waals surface area (Å²) in [6, 6.07) is 97.9. The second-order valence-electron chi connectivity index (χ2n) is 37.2. The van der Waals surface area contributed by atoms with Crippen LogP contribution in [-0.2, 0) is 32.5 Å². The summed E-state index contributed by atoms with van der Waals surface area (Å²) in [5, 5.41) is 7.01. The van der Waals surface area contributed by atoms with E-state index >= 15 is 0 Å². The standard InChI is InChI=1S/C99H105N3O2Si2/c1-94(2,3)64-30-32-69(33-31-64)99(70-42-52-71(53-43-70)100(72-54-58-78(59-55-72)105(16,17)18)73-56-60-79(61-57-73)106(19,20)21)82-63-85(102(76-48-38-67(39-49-76)97(10,11)12)77-50-40-68(41-51-77)98(13,14)15)92-89(81-27-23-25-29-87(81)103-92)90(82)91-83(99)62-84(88-80-26-22-24-28-86(80)104-93(88)91)101(74-44-34-65(35-45-74)95(4,5)6)75-46-36-66(37-47-75)96(7,8)9/h22-63H,1-21H3. The molecule has 0 fully saturated rings. The summed E-state index contributed by atoms with van der Waals surface area (Å²) in [6.07, 6.45) is 0. The Morgan fingerprint density at radius 2 is 0.547 bits per heavy atom. The largest absolute Gasteiger partial charge is 0.455 e. The molecule has 0 bridgehead atoms. The molecule has 1 aliphatic rings. The van der Waals surface area contributed by atoms with Crippen LogP contribution in [0.25, 0.3) is 55.0 Å². The van der Waals surface area contributed by atoms with Crippen LogP contribution in [0.15, 0.2) is 264 Å². The van der Waals surface area contributed by atoms with E-state index in [0.717, 1.165) is 128 Å². The SMILES string of the molecule is CC(C)(C)c1ccc(N(c2ccc(C(C)(C)C)cc2)c2cc3c(c4c2oc2ccccc24)-c2c(cc(N(c4ccc(C(C)(C)C)cc4)c4ccc(C(C)(C)C)cc4)c4c2oc2ccccc24)C3(c2ccc(N(c3ccc([Si](C)(C)C)cc3)c3ccc([Si](C)(C)C)cc3)cc2)c2ccc(C(C)(C)C)cc2)cc1. The van der Waals surface area contributed by atoms with Gasteiger partial charge in [0, 0.05) is 67.1 Å². The van der Waals surface area contributed by atoms with E-state index in [1.54, 1.807) is 0 Å². The van der Waals surface area contributed by atoms with Gasteiger partial charge in [-0.05, 0) is 186 Å². The average Bonchev–Trinajstić information content (AvgIpc) is 1.50. The van der Waals surface area contributed by atoms with E-state index in [9.17, 15) is 0 Å². The fraction of sp³-hybridized carbons (Fsp3) is 0.273. The van der Waals surface area contributed by atoms with Gasteiger partial charge in [0.1, 0.15) is 16.7 Å². The topological polar surface area (TPSA) is 36.0 Å². The van der Waals surface area contributed by atoms with Crippen molar-refractivity contribution < 1.29 is 8.83 Å². The first-order chi connectivity index (χ1) is 50.0. The van der Waals surface area contributed by atoms with E-state index in [1.165, 1.54) is 38.2 Å². The summed E-state index contributed by atoms with van der Waals surface area (Å²) in [7, 11) is -3.28. The van der Waals surface area contributed by atoms with Crippen molar-refractivity contribution in [2.24, 2.45) is 0 Å². The minimum absolute atomic E-state index is 0.0703. The Hall–Kier alpha value is -9.93. The highest BCUT2D eigenvalue weighted by Crippen LogP contribution is 2.65. The van der Waals surface area contributed by atoms with E-state index < -0.39 is 21.6 Å². The zero-order chi connectivity index (χ0) is 75.2. The van der Waals surface area contributed by atoms with E-state index in [0.29, 0.717) is 0 Å². The number of para-hydroxylation sites is 2. The van der Waals surface area contributed by atoms with Gasteiger partial charge in [-0.1, -0.05) is 299 Å². The molecule has 1 unspecified atom stereocenters. The lowest BCUT2D eigenvalue weighted by Gasteiger charge is -2.37. The van der Waals surface area contributed by atoms with E-state index in [4.69, 9.17) is 8.83 Å². The Bertz CT molecular complexity index is 5450. The van der Waals surface area contributed by atoms with Gasteiger partial charge in [-0.15, -0.1) is 0 Å². The number of hydrogen-bond acceptors (Lipinski definition) is 5. The molecule has 0 spiro atoms. The van der Waals surface area contributed by atoms with Gasteiger partial charge in [-0.25, -0.2) is 0 Å². The fourth-order valence-corrected chi connectivity index (χ4v) is 18.5. The van der Waals surface area contributed by atoms with Gasteiger partial charge in [0.2, 0.25) is 0 Å². The van der Waals surface area contributed by atoms with Gasteiger partial charge < -0.3 is 23.5 Å². The predicted octanol–water partition coefficient (Wildman–Crippen LogP) is 27.8. The van der Waals surface area contributed by atoms with Crippen LogP contribution in [0.4, 0.5) is 51.2 Å². The van der Waals surface area contributed by atoms with Crippen LogP contribution < -0.4 is 25.1 Å². The van der Waals surface area contributed by atoms with Crippen molar-refractivity contribution in [3.63, 3.8) is 0 Å². The molecule has 536 valence electrons. The molecule has 0 radical (unpaired) electrons. The first-order valence-corrected chi connectivity index (χ1v) is 45.2. The smallest absolute Gasteiger partial charge is 0.160 e.